The van der Waals surface area contributed by atoms with Gasteiger partial charge in [-0.15, -0.1) is 11.8 Å². The lowest BCUT2D eigenvalue weighted by Crippen LogP contribution is -2.05. The number of hydrogen-bond donors (Lipinski definition) is 0. The van der Waals surface area contributed by atoms with Gasteiger partial charge in [-0.25, -0.2) is 4.98 Å². The van der Waals surface area contributed by atoms with Crippen LogP contribution in [0.5, 0.6) is 0 Å². The van der Waals surface area contributed by atoms with Gasteiger partial charge in [-0.05, 0) is 17.9 Å². The molecule has 16 heavy (non-hydrogen) atoms. The van der Waals surface area contributed by atoms with Gasteiger partial charge in [0, 0.05) is 17.7 Å². The molecule has 1 nitrogen and oxygen atoms in total. The van der Waals surface area contributed by atoms with E-state index in [0.717, 1.165) is 29.5 Å². The second-order valence-electron chi connectivity index (χ2n) is 2.93. The van der Waals surface area contributed by atoms with Crippen LogP contribution in [0.25, 0.3) is 0 Å². The van der Waals surface area contributed by atoms with Crippen LogP contribution in [0.1, 0.15) is 12.5 Å². The van der Waals surface area contributed by atoms with Crippen LogP contribution in [0.3, 0.4) is 0 Å². The van der Waals surface area contributed by atoms with Crippen molar-refractivity contribution < 1.29 is 13.2 Å². The molecule has 0 aliphatic heterocycles. The summed E-state index contributed by atoms with van der Waals surface area (Å²) in [7, 11) is 0. The van der Waals surface area contributed by atoms with Crippen molar-refractivity contribution in [2.24, 2.45) is 0 Å². The molecule has 0 aliphatic rings. The number of thioether (sulfide) groups is 2. The number of alkyl halides is 3. The molecule has 0 aliphatic carbocycles. The molecule has 1 heterocycles. The van der Waals surface area contributed by atoms with Crippen molar-refractivity contribution in [3.05, 3.63) is 23.9 Å². The number of halogens is 3. The average Bonchev–Trinajstić information content (AvgIpc) is 2.24. The quantitative estimate of drug-likeness (QED) is 0.592. The summed E-state index contributed by atoms with van der Waals surface area (Å²) in [4.78, 5) is 3.78. The summed E-state index contributed by atoms with van der Waals surface area (Å²) >= 11 is 3.29. The zero-order chi connectivity index (χ0) is 12.0. The van der Waals surface area contributed by atoms with E-state index in [1.165, 1.54) is 17.8 Å². The van der Waals surface area contributed by atoms with Crippen molar-refractivity contribution in [2.75, 3.05) is 17.3 Å². The summed E-state index contributed by atoms with van der Waals surface area (Å²) < 4.78 is 36.7. The highest BCUT2D eigenvalue weighted by Crippen LogP contribution is 2.29. The van der Waals surface area contributed by atoms with Crippen molar-refractivity contribution in [2.45, 2.75) is 18.1 Å². The fraction of sp³-hybridized carbons (Fsp3) is 0.500. The molecule has 0 saturated heterocycles. The van der Waals surface area contributed by atoms with Crippen molar-refractivity contribution in [3.8, 4) is 0 Å². The highest BCUT2D eigenvalue weighted by atomic mass is 32.2. The van der Waals surface area contributed by atoms with Gasteiger partial charge in [-0.2, -0.15) is 24.9 Å². The fourth-order valence-corrected chi connectivity index (χ4v) is 2.58. The molecule has 1 aromatic rings. The molecule has 0 amide bonds. The first-order chi connectivity index (χ1) is 7.54. The molecular weight excluding hydrogens is 255 g/mol. The van der Waals surface area contributed by atoms with Crippen molar-refractivity contribution >= 4 is 23.5 Å². The number of pyridine rings is 1. The Bertz CT molecular complexity index is 311. The molecule has 0 N–H and O–H groups in total. The smallest absolute Gasteiger partial charge is 0.249 e. The van der Waals surface area contributed by atoms with Gasteiger partial charge in [0.1, 0.15) is 0 Å². The van der Waals surface area contributed by atoms with Gasteiger partial charge < -0.3 is 0 Å². The standard InChI is InChI=1S/C10H12F3NS2/c1-2-15-5-6-16-9-4-3-8(7-14-9)10(11,12)13/h3-4,7H,2,5-6H2,1H3. The zero-order valence-electron chi connectivity index (χ0n) is 8.75. The third-order valence-electron chi connectivity index (χ3n) is 1.75. The summed E-state index contributed by atoms with van der Waals surface area (Å²) in [5.74, 6) is 2.92. The summed E-state index contributed by atoms with van der Waals surface area (Å²) in [5.41, 5.74) is -0.695. The van der Waals surface area contributed by atoms with Crippen LogP contribution in [0.2, 0.25) is 0 Å². The van der Waals surface area contributed by atoms with Crippen molar-refractivity contribution in [3.63, 3.8) is 0 Å². The van der Waals surface area contributed by atoms with Crippen LogP contribution in [-0.2, 0) is 6.18 Å². The van der Waals surface area contributed by atoms with Crippen molar-refractivity contribution in [1.82, 2.24) is 4.98 Å². The Kier molecular flexibility index (Phi) is 5.48. The Labute approximate surface area is 101 Å². The molecule has 0 unspecified atom stereocenters. The SMILES string of the molecule is CCSCCSc1ccc(C(F)(F)F)cn1. The molecule has 1 rings (SSSR count). The Balaban J connectivity index is 2.46. The molecule has 0 radical (unpaired) electrons. The average molecular weight is 267 g/mol. The third kappa shape index (κ3) is 4.65. The topological polar surface area (TPSA) is 12.9 Å². The lowest BCUT2D eigenvalue weighted by atomic mass is 10.3. The molecule has 0 aromatic carbocycles. The van der Waals surface area contributed by atoms with Crippen LogP contribution in [0, 0.1) is 0 Å². The maximum atomic E-state index is 12.2. The van der Waals surface area contributed by atoms with Crippen LogP contribution in [0.15, 0.2) is 23.4 Å². The van der Waals surface area contributed by atoms with Gasteiger partial charge in [0.25, 0.3) is 0 Å². The minimum atomic E-state index is -4.30. The van der Waals surface area contributed by atoms with Gasteiger partial charge in [0.15, 0.2) is 0 Å². The Morgan fingerprint density at radius 3 is 2.50 bits per heavy atom. The molecule has 1 aromatic heterocycles. The van der Waals surface area contributed by atoms with E-state index >= 15 is 0 Å². The van der Waals surface area contributed by atoms with Crippen molar-refractivity contribution in [1.29, 1.82) is 0 Å². The van der Waals surface area contributed by atoms with Gasteiger partial charge in [0.05, 0.1) is 10.6 Å². The molecule has 0 spiro atoms. The highest BCUT2D eigenvalue weighted by molar-refractivity contribution is 8.02. The van der Waals surface area contributed by atoms with E-state index in [-0.39, 0.29) is 0 Å². The fourth-order valence-electron chi connectivity index (χ4n) is 0.983. The normalized spacial score (nSPS) is 11.8. The lowest BCUT2D eigenvalue weighted by molar-refractivity contribution is -0.137. The summed E-state index contributed by atoms with van der Waals surface area (Å²) in [6.45, 7) is 2.08. The van der Waals surface area contributed by atoms with E-state index in [1.807, 2.05) is 0 Å². The van der Waals surface area contributed by atoms with Gasteiger partial charge in [-0.1, -0.05) is 6.92 Å². The molecular formula is C10H12F3NS2. The van der Waals surface area contributed by atoms with Gasteiger partial charge >= 0.3 is 6.18 Å². The van der Waals surface area contributed by atoms with E-state index < -0.39 is 11.7 Å². The maximum Gasteiger partial charge on any atom is 0.417 e. The molecule has 0 bridgehead atoms. The Hall–Kier alpha value is -0.360. The summed E-state index contributed by atoms with van der Waals surface area (Å²) in [6.07, 6.45) is -3.41. The molecule has 0 atom stereocenters. The first kappa shape index (κ1) is 13.7. The van der Waals surface area contributed by atoms with E-state index in [0.29, 0.717) is 5.03 Å². The summed E-state index contributed by atoms with van der Waals surface area (Å²) in [6, 6.07) is 2.49. The zero-order valence-corrected chi connectivity index (χ0v) is 10.4. The minimum Gasteiger partial charge on any atom is -0.249 e. The highest BCUT2D eigenvalue weighted by Gasteiger charge is 2.30. The van der Waals surface area contributed by atoms with Crippen LogP contribution < -0.4 is 0 Å². The molecule has 0 fully saturated rings. The summed E-state index contributed by atoms with van der Waals surface area (Å²) in [5, 5.41) is 0.643. The minimum absolute atomic E-state index is 0.643. The Morgan fingerprint density at radius 1 is 1.25 bits per heavy atom. The van der Waals surface area contributed by atoms with Crippen LogP contribution >= 0.6 is 23.5 Å². The molecule has 90 valence electrons. The van der Waals surface area contributed by atoms with Gasteiger partial charge in [0.2, 0.25) is 0 Å². The predicted molar refractivity (Wildman–Crippen MR) is 63.0 cm³/mol. The van der Waals surface area contributed by atoms with Crippen LogP contribution in [-0.4, -0.2) is 22.2 Å². The molecule has 0 saturated carbocycles. The first-order valence-corrected chi connectivity index (χ1v) is 6.92. The molecule has 6 heteroatoms. The second-order valence-corrected chi connectivity index (χ2v) is 5.44. The maximum absolute atomic E-state index is 12.2. The number of aromatic nitrogens is 1. The number of nitrogens with zero attached hydrogens (tertiary/aromatic N) is 1. The third-order valence-corrected chi connectivity index (χ3v) is 3.85. The van der Waals surface area contributed by atoms with E-state index in [1.54, 1.807) is 11.8 Å². The number of rotatable bonds is 5. The lowest BCUT2D eigenvalue weighted by Gasteiger charge is -2.06. The van der Waals surface area contributed by atoms with E-state index in [4.69, 9.17) is 0 Å². The Morgan fingerprint density at radius 2 is 2.00 bits per heavy atom. The van der Waals surface area contributed by atoms with E-state index in [2.05, 4.69) is 11.9 Å². The van der Waals surface area contributed by atoms with Gasteiger partial charge in [-0.3, -0.25) is 0 Å². The van der Waals surface area contributed by atoms with Crippen LogP contribution in [0.4, 0.5) is 13.2 Å². The van der Waals surface area contributed by atoms with E-state index in [9.17, 15) is 13.2 Å². The monoisotopic (exact) mass is 267 g/mol. The number of hydrogen-bond acceptors (Lipinski definition) is 3. The largest absolute Gasteiger partial charge is 0.417 e. The first-order valence-electron chi connectivity index (χ1n) is 4.78. The predicted octanol–water partition coefficient (Wildman–Crippen LogP) is 3.95. The second kappa shape index (κ2) is 6.39.